The number of esters is 1. The Hall–Kier alpha value is -2.28. The van der Waals surface area contributed by atoms with Crippen molar-refractivity contribution in [1.29, 1.82) is 0 Å². The number of hydrazone groups is 1. The average molecular weight is 517 g/mol. The van der Waals surface area contributed by atoms with Gasteiger partial charge in [0, 0.05) is 16.0 Å². The molecule has 1 aliphatic carbocycles. The molecule has 2 aromatic carbocycles. The van der Waals surface area contributed by atoms with Crippen LogP contribution in [0.25, 0.3) is 6.08 Å². The number of nitrogens with zero attached hydrogens (tertiary/aromatic N) is 2. The van der Waals surface area contributed by atoms with Crippen LogP contribution in [0.2, 0.25) is 10.0 Å². The summed E-state index contributed by atoms with van der Waals surface area (Å²) in [5, 5.41) is 7.82. The van der Waals surface area contributed by atoms with Crippen LogP contribution in [0.1, 0.15) is 43.4 Å². The summed E-state index contributed by atoms with van der Waals surface area (Å²) in [5.41, 5.74) is 4.17. The molecule has 178 valence electrons. The number of ether oxygens (including phenoxy) is 1. The first-order chi connectivity index (χ1) is 16.5. The smallest absolute Gasteiger partial charge is 0.315 e. The van der Waals surface area contributed by atoms with E-state index in [-0.39, 0.29) is 35.3 Å². The van der Waals surface area contributed by atoms with E-state index in [1.54, 1.807) is 11.9 Å². The Bertz CT molecular complexity index is 1100. The summed E-state index contributed by atoms with van der Waals surface area (Å²) in [5.74, 6) is -0.0396. The van der Waals surface area contributed by atoms with Gasteiger partial charge in [-0.2, -0.15) is 5.10 Å². The maximum atomic E-state index is 13.3. The monoisotopic (exact) mass is 516 g/mol. The lowest BCUT2D eigenvalue weighted by molar-refractivity contribution is -0.139. The second-order valence-corrected chi connectivity index (χ2v) is 10.1. The van der Waals surface area contributed by atoms with Crippen molar-refractivity contribution in [2.24, 2.45) is 11.0 Å². The van der Waals surface area contributed by atoms with Gasteiger partial charge in [-0.1, -0.05) is 47.5 Å². The largest absolute Gasteiger partial charge is 0.465 e. The Morgan fingerprint density at radius 3 is 2.44 bits per heavy atom. The predicted molar refractivity (Wildman–Crippen MR) is 139 cm³/mol. The standard InChI is InChI=1S/C26H26Cl2N2O3S/c1-2-33-24(32)16-34-15-23(31)30-26(18-8-12-21(28)13-9-18)22-5-3-4-19(25(22)29-30)14-17-6-10-20(27)11-7-17/h6-14,22,26H,2-5,15-16H2,1H3/b19-14-/t22-,26+/m0/s1. The predicted octanol–water partition coefficient (Wildman–Crippen LogP) is 6.41. The van der Waals surface area contributed by atoms with Crippen LogP contribution in [-0.2, 0) is 14.3 Å². The number of carbonyl (C=O) groups excluding carboxylic acids is 2. The zero-order valence-electron chi connectivity index (χ0n) is 18.9. The summed E-state index contributed by atoms with van der Waals surface area (Å²) < 4.78 is 4.97. The van der Waals surface area contributed by atoms with Crippen LogP contribution in [0, 0.1) is 5.92 Å². The van der Waals surface area contributed by atoms with Crippen LogP contribution in [0.4, 0.5) is 0 Å². The molecule has 0 saturated heterocycles. The number of hydrogen-bond donors (Lipinski definition) is 0. The molecule has 0 N–H and O–H groups in total. The molecule has 34 heavy (non-hydrogen) atoms. The average Bonchev–Trinajstić information content (AvgIpc) is 3.22. The molecule has 0 aromatic heterocycles. The SMILES string of the molecule is CCOC(=O)CSCC(=O)N1N=C2/C(=C\c3ccc(Cl)cc3)CCC[C@@H]2[C@H]1c1ccc(Cl)cc1. The van der Waals surface area contributed by atoms with E-state index in [0.29, 0.717) is 16.7 Å². The zero-order chi connectivity index (χ0) is 24.1. The fourth-order valence-electron chi connectivity index (χ4n) is 4.45. The molecule has 8 heteroatoms. The molecule has 1 aliphatic heterocycles. The number of halogens is 2. The second-order valence-electron chi connectivity index (χ2n) is 8.24. The fraction of sp³-hybridized carbons (Fsp3) is 0.346. The molecule has 0 bridgehead atoms. The highest BCUT2D eigenvalue weighted by Gasteiger charge is 2.43. The Morgan fingerprint density at radius 2 is 1.76 bits per heavy atom. The summed E-state index contributed by atoms with van der Waals surface area (Å²) in [7, 11) is 0. The first-order valence-electron chi connectivity index (χ1n) is 11.3. The molecular formula is C26H26Cl2N2O3S. The molecule has 2 aliphatic rings. The number of fused-ring (bicyclic) bond motifs is 1. The second kappa shape index (κ2) is 11.4. The number of carbonyl (C=O) groups is 2. The highest BCUT2D eigenvalue weighted by molar-refractivity contribution is 8.00. The van der Waals surface area contributed by atoms with Crippen molar-refractivity contribution in [3.05, 3.63) is 75.3 Å². The van der Waals surface area contributed by atoms with E-state index >= 15 is 0 Å². The molecule has 1 saturated carbocycles. The van der Waals surface area contributed by atoms with E-state index in [0.717, 1.165) is 41.7 Å². The van der Waals surface area contributed by atoms with Crippen molar-refractivity contribution in [2.75, 3.05) is 18.1 Å². The van der Waals surface area contributed by atoms with E-state index in [4.69, 9.17) is 33.0 Å². The van der Waals surface area contributed by atoms with Gasteiger partial charge in [0.2, 0.25) is 0 Å². The molecule has 4 rings (SSSR count). The minimum atomic E-state index is -0.316. The summed E-state index contributed by atoms with van der Waals surface area (Å²) >= 11 is 13.4. The highest BCUT2D eigenvalue weighted by atomic mass is 35.5. The van der Waals surface area contributed by atoms with Gasteiger partial charge >= 0.3 is 5.97 Å². The lowest BCUT2D eigenvalue weighted by Gasteiger charge is -2.29. The van der Waals surface area contributed by atoms with Gasteiger partial charge < -0.3 is 4.74 Å². The van der Waals surface area contributed by atoms with Gasteiger partial charge in [-0.15, -0.1) is 11.8 Å². The van der Waals surface area contributed by atoms with Crippen LogP contribution in [-0.4, -0.2) is 40.7 Å². The van der Waals surface area contributed by atoms with E-state index in [9.17, 15) is 9.59 Å². The molecule has 1 amide bonds. The zero-order valence-corrected chi connectivity index (χ0v) is 21.2. The van der Waals surface area contributed by atoms with Gasteiger partial charge in [-0.05, 0) is 73.2 Å². The van der Waals surface area contributed by atoms with Gasteiger partial charge in [0.1, 0.15) is 0 Å². The van der Waals surface area contributed by atoms with E-state index in [2.05, 4.69) is 6.08 Å². The summed E-state index contributed by atoms with van der Waals surface area (Å²) in [6, 6.07) is 15.1. The van der Waals surface area contributed by atoms with Crippen molar-refractivity contribution in [3.63, 3.8) is 0 Å². The number of amides is 1. The van der Waals surface area contributed by atoms with Crippen molar-refractivity contribution in [2.45, 2.75) is 32.2 Å². The van der Waals surface area contributed by atoms with Gasteiger partial charge in [-0.25, -0.2) is 5.01 Å². The van der Waals surface area contributed by atoms with E-state index < -0.39 is 0 Å². The molecule has 2 aromatic rings. The molecule has 0 radical (unpaired) electrons. The first-order valence-corrected chi connectivity index (χ1v) is 13.2. The van der Waals surface area contributed by atoms with E-state index in [1.165, 1.54) is 11.8 Å². The number of benzene rings is 2. The lowest BCUT2D eigenvalue weighted by Crippen LogP contribution is -2.33. The minimum absolute atomic E-state index is 0.104. The normalized spacial score (nSPS) is 20.7. The number of thioether (sulfide) groups is 1. The third-order valence-electron chi connectivity index (χ3n) is 5.93. The van der Waals surface area contributed by atoms with Crippen molar-refractivity contribution >= 4 is 58.6 Å². The van der Waals surface area contributed by atoms with Crippen LogP contribution in [0.5, 0.6) is 0 Å². The Labute approximate surface area is 214 Å². The Kier molecular flexibility index (Phi) is 8.35. The molecule has 1 heterocycles. The number of hydrogen-bond acceptors (Lipinski definition) is 5. The Morgan fingerprint density at radius 1 is 1.09 bits per heavy atom. The molecule has 2 atom stereocenters. The minimum Gasteiger partial charge on any atom is -0.465 e. The molecule has 1 fully saturated rings. The quantitative estimate of drug-likeness (QED) is 0.398. The van der Waals surface area contributed by atoms with Crippen molar-refractivity contribution < 1.29 is 14.3 Å². The summed E-state index contributed by atoms with van der Waals surface area (Å²) in [6.45, 7) is 2.10. The maximum Gasteiger partial charge on any atom is 0.315 e. The molecule has 5 nitrogen and oxygen atoms in total. The van der Waals surface area contributed by atoms with Crippen LogP contribution < -0.4 is 0 Å². The van der Waals surface area contributed by atoms with Gasteiger partial charge in [0.05, 0.1) is 29.9 Å². The van der Waals surface area contributed by atoms with Crippen LogP contribution in [0.15, 0.2) is 59.2 Å². The molecular weight excluding hydrogens is 491 g/mol. The highest BCUT2D eigenvalue weighted by Crippen LogP contribution is 2.44. The number of rotatable bonds is 7. The van der Waals surface area contributed by atoms with Crippen molar-refractivity contribution in [3.8, 4) is 0 Å². The Balaban J connectivity index is 1.61. The van der Waals surface area contributed by atoms with Gasteiger partial charge in [0.15, 0.2) is 0 Å². The fourth-order valence-corrected chi connectivity index (χ4v) is 5.36. The van der Waals surface area contributed by atoms with Gasteiger partial charge in [0.25, 0.3) is 5.91 Å². The van der Waals surface area contributed by atoms with Crippen molar-refractivity contribution in [1.82, 2.24) is 5.01 Å². The van der Waals surface area contributed by atoms with Gasteiger partial charge in [-0.3, -0.25) is 9.59 Å². The number of allylic oxidation sites excluding steroid dienone is 1. The first kappa shape index (κ1) is 24.8. The van der Waals surface area contributed by atoms with Crippen LogP contribution >= 0.6 is 35.0 Å². The van der Waals surface area contributed by atoms with Crippen LogP contribution in [0.3, 0.4) is 0 Å². The maximum absolute atomic E-state index is 13.3. The third-order valence-corrected chi connectivity index (χ3v) is 7.33. The summed E-state index contributed by atoms with van der Waals surface area (Å²) in [6.07, 6.45) is 5.02. The lowest BCUT2D eigenvalue weighted by atomic mass is 9.77. The summed E-state index contributed by atoms with van der Waals surface area (Å²) in [4.78, 5) is 24.9. The van der Waals surface area contributed by atoms with E-state index in [1.807, 2.05) is 48.5 Å². The molecule has 0 unspecified atom stereocenters. The molecule has 0 spiro atoms. The third kappa shape index (κ3) is 5.85. The topological polar surface area (TPSA) is 59.0 Å².